The number of carbonyl (C=O) groups excluding carboxylic acids is 1. The Labute approximate surface area is 118 Å². The average molecular weight is 270 g/mol. The van der Waals surface area contributed by atoms with Gasteiger partial charge >= 0.3 is 0 Å². The molecule has 104 valence electrons. The summed E-state index contributed by atoms with van der Waals surface area (Å²) < 4.78 is 0. The summed E-state index contributed by atoms with van der Waals surface area (Å²) in [5, 5.41) is 0.978. The molecule has 0 spiro atoms. The Bertz CT molecular complexity index is 617. The number of likely N-dealkylation sites (tertiary alicyclic amines) is 1. The SMILES string of the molecule is CN(CC(=O)N1CCCC1)c1ncnc2ccccc12. The summed E-state index contributed by atoms with van der Waals surface area (Å²) in [5.74, 6) is 0.982. The molecule has 0 aliphatic carbocycles. The normalized spacial score (nSPS) is 14.8. The minimum absolute atomic E-state index is 0.174. The highest BCUT2D eigenvalue weighted by Gasteiger charge is 2.20. The fourth-order valence-corrected chi connectivity index (χ4v) is 2.64. The fraction of sp³-hybridized carbons (Fsp3) is 0.400. The molecular weight excluding hydrogens is 252 g/mol. The van der Waals surface area contributed by atoms with Crippen LogP contribution in [0.5, 0.6) is 0 Å². The van der Waals surface area contributed by atoms with Crippen molar-refractivity contribution in [2.24, 2.45) is 0 Å². The second-order valence-corrected chi connectivity index (χ2v) is 5.16. The zero-order valence-corrected chi connectivity index (χ0v) is 11.6. The summed E-state index contributed by atoms with van der Waals surface area (Å²) in [7, 11) is 1.91. The molecule has 0 atom stereocenters. The largest absolute Gasteiger partial charge is 0.350 e. The van der Waals surface area contributed by atoms with Crippen molar-refractivity contribution in [1.29, 1.82) is 0 Å². The minimum Gasteiger partial charge on any atom is -0.350 e. The monoisotopic (exact) mass is 270 g/mol. The van der Waals surface area contributed by atoms with E-state index in [1.807, 2.05) is 41.1 Å². The third-order valence-electron chi connectivity index (χ3n) is 3.71. The van der Waals surface area contributed by atoms with Gasteiger partial charge in [-0.15, -0.1) is 0 Å². The quantitative estimate of drug-likeness (QED) is 0.851. The van der Waals surface area contributed by atoms with Gasteiger partial charge in [-0.25, -0.2) is 9.97 Å². The number of likely N-dealkylation sites (N-methyl/N-ethyl adjacent to an activating group) is 1. The molecular formula is C15H18N4O. The molecule has 2 aromatic rings. The van der Waals surface area contributed by atoms with Crippen molar-refractivity contribution < 1.29 is 4.79 Å². The Balaban J connectivity index is 1.81. The van der Waals surface area contributed by atoms with Crippen LogP contribution in [0.15, 0.2) is 30.6 Å². The van der Waals surface area contributed by atoms with Gasteiger partial charge in [0.25, 0.3) is 0 Å². The molecule has 1 fully saturated rings. The summed E-state index contributed by atoms with van der Waals surface area (Å²) in [6.45, 7) is 2.13. The Morgan fingerprint density at radius 3 is 2.80 bits per heavy atom. The first-order valence-electron chi connectivity index (χ1n) is 6.94. The van der Waals surface area contributed by atoms with Crippen LogP contribution >= 0.6 is 0 Å². The van der Waals surface area contributed by atoms with E-state index in [1.54, 1.807) is 6.33 Å². The number of hydrogen-bond acceptors (Lipinski definition) is 4. The van der Waals surface area contributed by atoms with Crippen LogP contribution in [0.25, 0.3) is 10.9 Å². The van der Waals surface area contributed by atoms with Crippen molar-refractivity contribution in [3.05, 3.63) is 30.6 Å². The standard InChI is InChI=1S/C15H18N4O/c1-18(10-14(20)19-8-4-5-9-19)15-12-6-2-3-7-13(12)16-11-17-15/h2-3,6-7,11H,4-5,8-10H2,1H3. The molecule has 1 aromatic carbocycles. The number of rotatable bonds is 3. The van der Waals surface area contributed by atoms with E-state index in [-0.39, 0.29) is 5.91 Å². The first kappa shape index (κ1) is 12.8. The highest BCUT2D eigenvalue weighted by atomic mass is 16.2. The Kier molecular flexibility index (Phi) is 3.50. The second kappa shape index (κ2) is 5.45. The summed E-state index contributed by atoms with van der Waals surface area (Å²) in [6.07, 6.45) is 3.78. The van der Waals surface area contributed by atoms with Crippen LogP contribution in [-0.2, 0) is 4.79 Å². The summed E-state index contributed by atoms with van der Waals surface area (Å²) in [5.41, 5.74) is 0.901. The number of benzene rings is 1. The molecule has 1 aliphatic rings. The highest BCUT2D eigenvalue weighted by molar-refractivity contribution is 5.91. The zero-order chi connectivity index (χ0) is 13.9. The Morgan fingerprint density at radius 1 is 1.25 bits per heavy atom. The molecule has 0 N–H and O–H groups in total. The van der Waals surface area contributed by atoms with Crippen molar-refractivity contribution in [2.75, 3.05) is 31.6 Å². The maximum Gasteiger partial charge on any atom is 0.242 e. The van der Waals surface area contributed by atoms with E-state index in [0.717, 1.165) is 42.7 Å². The first-order chi connectivity index (χ1) is 9.75. The molecule has 0 unspecified atom stereocenters. The van der Waals surface area contributed by atoms with Crippen molar-refractivity contribution in [1.82, 2.24) is 14.9 Å². The van der Waals surface area contributed by atoms with Crippen LogP contribution in [-0.4, -0.2) is 47.5 Å². The van der Waals surface area contributed by atoms with Gasteiger partial charge in [0.05, 0.1) is 12.1 Å². The second-order valence-electron chi connectivity index (χ2n) is 5.16. The number of para-hydroxylation sites is 1. The van der Waals surface area contributed by atoms with Crippen molar-refractivity contribution in [3.63, 3.8) is 0 Å². The Morgan fingerprint density at radius 2 is 2.00 bits per heavy atom. The molecule has 2 heterocycles. The first-order valence-corrected chi connectivity index (χ1v) is 6.94. The lowest BCUT2D eigenvalue weighted by Crippen LogP contribution is -2.37. The lowest BCUT2D eigenvalue weighted by Gasteiger charge is -2.22. The molecule has 5 heteroatoms. The number of anilines is 1. The summed E-state index contributed by atoms with van der Waals surface area (Å²) in [6, 6.07) is 7.86. The van der Waals surface area contributed by atoms with Gasteiger partial charge in [-0.2, -0.15) is 0 Å². The van der Waals surface area contributed by atoms with E-state index in [1.165, 1.54) is 0 Å². The van der Waals surface area contributed by atoms with Gasteiger partial charge in [0.1, 0.15) is 12.1 Å². The summed E-state index contributed by atoms with van der Waals surface area (Å²) in [4.78, 5) is 24.6. The van der Waals surface area contributed by atoms with Crippen molar-refractivity contribution in [2.45, 2.75) is 12.8 Å². The maximum atomic E-state index is 12.2. The lowest BCUT2D eigenvalue weighted by atomic mass is 10.2. The number of carbonyl (C=O) groups is 1. The predicted octanol–water partition coefficient (Wildman–Crippen LogP) is 1.69. The predicted molar refractivity (Wildman–Crippen MR) is 78.6 cm³/mol. The van der Waals surface area contributed by atoms with Gasteiger partial charge in [0.2, 0.25) is 5.91 Å². The molecule has 1 aromatic heterocycles. The lowest BCUT2D eigenvalue weighted by molar-refractivity contribution is -0.128. The van der Waals surface area contributed by atoms with E-state index in [4.69, 9.17) is 0 Å². The molecule has 0 bridgehead atoms. The van der Waals surface area contributed by atoms with Crippen LogP contribution in [0.2, 0.25) is 0 Å². The maximum absolute atomic E-state index is 12.2. The van der Waals surface area contributed by atoms with Gasteiger partial charge in [-0.1, -0.05) is 12.1 Å². The van der Waals surface area contributed by atoms with Gasteiger partial charge in [0.15, 0.2) is 0 Å². The van der Waals surface area contributed by atoms with E-state index in [0.29, 0.717) is 6.54 Å². The number of hydrogen-bond donors (Lipinski definition) is 0. The average Bonchev–Trinajstić information content (AvgIpc) is 3.01. The van der Waals surface area contributed by atoms with Gasteiger partial charge in [0, 0.05) is 25.5 Å². The van der Waals surface area contributed by atoms with Crippen LogP contribution in [0.4, 0.5) is 5.82 Å². The van der Waals surface area contributed by atoms with Crippen molar-refractivity contribution >= 4 is 22.6 Å². The highest BCUT2D eigenvalue weighted by Crippen LogP contribution is 2.21. The minimum atomic E-state index is 0.174. The zero-order valence-electron chi connectivity index (χ0n) is 11.6. The van der Waals surface area contributed by atoms with Gasteiger partial charge in [-0.3, -0.25) is 4.79 Å². The van der Waals surface area contributed by atoms with E-state index in [2.05, 4.69) is 9.97 Å². The van der Waals surface area contributed by atoms with Gasteiger partial charge in [-0.05, 0) is 25.0 Å². The molecule has 20 heavy (non-hydrogen) atoms. The van der Waals surface area contributed by atoms with Gasteiger partial charge < -0.3 is 9.80 Å². The molecule has 3 rings (SSSR count). The smallest absolute Gasteiger partial charge is 0.242 e. The van der Waals surface area contributed by atoms with Crippen LogP contribution in [0.3, 0.4) is 0 Å². The number of nitrogens with zero attached hydrogens (tertiary/aromatic N) is 4. The van der Waals surface area contributed by atoms with E-state index in [9.17, 15) is 4.79 Å². The van der Waals surface area contributed by atoms with Crippen molar-refractivity contribution in [3.8, 4) is 0 Å². The molecule has 5 nitrogen and oxygen atoms in total. The van der Waals surface area contributed by atoms with Crippen LogP contribution in [0, 0.1) is 0 Å². The third kappa shape index (κ3) is 2.43. The topological polar surface area (TPSA) is 49.3 Å². The summed E-state index contributed by atoms with van der Waals surface area (Å²) >= 11 is 0. The molecule has 0 radical (unpaired) electrons. The van der Waals surface area contributed by atoms with E-state index >= 15 is 0 Å². The number of aromatic nitrogens is 2. The van der Waals surface area contributed by atoms with Crippen LogP contribution in [0.1, 0.15) is 12.8 Å². The number of fused-ring (bicyclic) bond motifs is 1. The molecule has 1 saturated heterocycles. The molecule has 1 aliphatic heterocycles. The van der Waals surface area contributed by atoms with E-state index < -0.39 is 0 Å². The Hall–Kier alpha value is -2.17. The molecule has 1 amide bonds. The fourth-order valence-electron chi connectivity index (χ4n) is 2.64. The van der Waals surface area contributed by atoms with Crippen LogP contribution < -0.4 is 4.90 Å². The number of amides is 1. The molecule has 0 saturated carbocycles. The third-order valence-corrected chi connectivity index (χ3v) is 3.71.